The first-order valence-electron chi connectivity index (χ1n) is 6.58. The third kappa shape index (κ3) is 3.47. The second-order valence-corrected chi connectivity index (χ2v) is 5.51. The minimum atomic E-state index is -0.442. The van der Waals surface area contributed by atoms with Crippen LogP contribution in [0, 0.1) is 10.1 Å². The van der Waals surface area contributed by atoms with Gasteiger partial charge in [0.15, 0.2) is 5.82 Å². The Hall–Kier alpha value is -2.50. The van der Waals surface area contributed by atoms with E-state index in [9.17, 15) is 10.1 Å². The van der Waals surface area contributed by atoms with Crippen molar-refractivity contribution in [3.05, 3.63) is 74.1 Å². The summed E-state index contributed by atoms with van der Waals surface area (Å²) >= 11 is 12.1. The first-order valence-corrected chi connectivity index (χ1v) is 7.34. The Morgan fingerprint density at radius 1 is 1.04 bits per heavy atom. The number of nitrogens with zero attached hydrogens (tertiary/aromatic N) is 3. The van der Waals surface area contributed by atoms with E-state index >= 15 is 0 Å². The molecule has 0 radical (unpaired) electrons. The Morgan fingerprint density at radius 2 is 1.87 bits per heavy atom. The SMILES string of the molecule is O=[N+]([O-])c1cccc(/C=C/c2nc(Cl)c3ccc(Cl)cc3n2)c1. The number of fused-ring (bicyclic) bond motifs is 1. The maximum absolute atomic E-state index is 10.8. The van der Waals surface area contributed by atoms with Gasteiger partial charge in [-0.15, -0.1) is 0 Å². The van der Waals surface area contributed by atoms with E-state index in [-0.39, 0.29) is 5.69 Å². The largest absolute Gasteiger partial charge is 0.270 e. The molecule has 1 aromatic heterocycles. The molecule has 3 aromatic rings. The van der Waals surface area contributed by atoms with Crippen LogP contribution >= 0.6 is 23.2 Å². The predicted octanol–water partition coefficient (Wildman–Crippen LogP) is 5.02. The Kier molecular flexibility index (Phi) is 4.23. The molecule has 2 aromatic carbocycles. The van der Waals surface area contributed by atoms with Crippen molar-refractivity contribution >= 4 is 51.9 Å². The highest BCUT2D eigenvalue weighted by Crippen LogP contribution is 2.24. The van der Waals surface area contributed by atoms with E-state index in [2.05, 4.69) is 9.97 Å². The summed E-state index contributed by atoms with van der Waals surface area (Å²) in [6.07, 6.45) is 3.33. The zero-order valence-electron chi connectivity index (χ0n) is 11.6. The third-order valence-electron chi connectivity index (χ3n) is 3.14. The predicted molar refractivity (Wildman–Crippen MR) is 91.6 cm³/mol. The van der Waals surface area contributed by atoms with Crippen molar-refractivity contribution in [2.45, 2.75) is 0 Å². The van der Waals surface area contributed by atoms with E-state index in [0.29, 0.717) is 32.5 Å². The molecule has 0 atom stereocenters. The summed E-state index contributed by atoms with van der Waals surface area (Å²) in [6.45, 7) is 0. The van der Waals surface area contributed by atoms with Crippen LogP contribution in [0.3, 0.4) is 0 Å². The summed E-state index contributed by atoms with van der Waals surface area (Å²) in [7, 11) is 0. The average Bonchev–Trinajstić information content (AvgIpc) is 2.52. The number of nitro benzene ring substituents is 1. The van der Waals surface area contributed by atoms with E-state index in [1.165, 1.54) is 12.1 Å². The molecule has 114 valence electrons. The van der Waals surface area contributed by atoms with Gasteiger partial charge in [-0.1, -0.05) is 41.4 Å². The maximum Gasteiger partial charge on any atom is 0.270 e. The molecule has 0 unspecified atom stereocenters. The zero-order valence-corrected chi connectivity index (χ0v) is 13.1. The molecule has 3 rings (SSSR count). The van der Waals surface area contributed by atoms with E-state index in [0.717, 1.165) is 0 Å². The molecule has 0 spiro atoms. The number of nitro groups is 1. The number of hydrogen-bond acceptors (Lipinski definition) is 4. The van der Waals surface area contributed by atoms with E-state index in [4.69, 9.17) is 23.2 Å². The van der Waals surface area contributed by atoms with Crippen LogP contribution in [0.5, 0.6) is 0 Å². The van der Waals surface area contributed by atoms with Crippen molar-refractivity contribution in [2.75, 3.05) is 0 Å². The lowest BCUT2D eigenvalue weighted by Gasteiger charge is -2.02. The molecule has 0 aliphatic rings. The van der Waals surface area contributed by atoms with E-state index in [1.54, 1.807) is 42.5 Å². The molecule has 0 saturated heterocycles. The number of aromatic nitrogens is 2. The Labute approximate surface area is 141 Å². The average molecular weight is 346 g/mol. The minimum absolute atomic E-state index is 0.0244. The third-order valence-corrected chi connectivity index (χ3v) is 3.66. The highest BCUT2D eigenvalue weighted by Gasteiger charge is 2.06. The Balaban J connectivity index is 1.97. The van der Waals surface area contributed by atoms with Crippen LogP contribution in [0.4, 0.5) is 5.69 Å². The fourth-order valence-corrected chi connectivity index (χ4v) is 2.48. The lowest BCUT2D eigenvalue weighted by Crippen LogP contribution is -1.91. The van der Waals surface area contributed by atoms with Crippen LogP contribution in [0.15, 0.2) is 42.5 Å². The minimum Gasteiger partial charge on any atom is -0.258 e. The molecule has 0 aliphatic heterocycles. The standard InChI is InChI=1S/C16H9Cl2N3O2/c17-11-5-6-13-14(9-11)19-15(20-16(13)18)7-4-10-2-1-3-12(8-10)21(22)23/h1-9H/b7-4+. The van der Waals surface area contributed by atoms with Crippen LogP contribution in [0.25, 0.3) is 23.1 Å². The lowest BCUT2D eigenvalue weighted by molar-refractivity contribution is -0.384. The number of benzene rings is 2. The molecule has 23 heavy (non-hydrogen) atoms. The van der Waals surface area contributed by atoms with Crippen LogP contribution in [-0.4, -0.2) is 14.9 Å². The summed E-state index contributed by atoms with van der Waals surface area (Å²) < 4.78 is 0. The molecule has 1 heterocycles. The highest BCUT2D eigenvalue weighted by molar-refractivity contribution is 6.35. The lowest BCUT2D eigenvalue weighted by atomic mass is 10.2. The second kappa shape index (κ2) is 6.32. The molecule has 0 bridgehead atoms. The van der Waals surface area contributed by atoms with Gasteiger partial charge in [-0.05, 0) is 29.8 Å². The van der Waals surface area contributed by atoms with Crippen LogP contribution in [0.2, 0.25) is 10.2 Å². The molecular weight excluding hydrogens is 337 g/mol. The fourth-order valence-electron chi connectivity index (χ4n) is 2.07. The van der Waals surface area contributed by atoms with Gasteiger partial charge in [-0.25, -0.2) is 9.97 Å². The van der Waals surface area contributed by atoms with Crippen LogP contribution < -0.4 is 0 Å². The van der Waals surface area contributed by atoms with E-state index < -0.39 is 4.92 Å². The fraction of sp³-hybridized carbons (Fsp3) is 0. The number of halogens is 2. The van der Waals surface area contributed by atoms with Gasteiger partial charge in [0, 0.05) is 22.5 Å². The van der Waals surface area contributed by atoms with Crippen molar-refractivity contribution < 1.29 is 4.92 Å². The van der Waals surface area contributed by atoms with Crippen molar-refractivity contribution in [1.82, 2.24) is 9.97 Å². The number of non-ortho nitro benzene ring substituents is 1. The smallest absolute Gasteiger partial charge is 0.258 e. The Morgan fingerprint density at radius 3 is 2.65 bits per heavy atom. The van der Waals surface area contributed by atoms with Gasteiger partial charge in [-0.3, -0.25) is 10.1 Å². The maximum atomic E-state index is 10.8. The summed E-state index contributed by atoms with van der Waals surface area (Å²) in [5.74, 6) is 0.399. The van der Waals surface area contributed by atoms with E-state index in [1.807, 2.05) is 0 Å². The normalized spacial score (nSPS) is 11.2. The Bertz CT molecular complexity index is 942. The highest BCUT2D eigenvalue weighted by atomic mass is 35.5. The monoisotopic (exact) mass is 345 g/mol. The molecule has 0 fully saturated rings. The van der Waals surface area contributed by atoms with Gasteiger partial charge in [0.1, 0.15) is 5.15 Å². The van der Waals surface area contributed by atoms with Crippen molar-refractivity contribution in [2.24, 2.45) is 0 Å². The molecule has 0 saturated carbocycles. The van der Waals surface area contributed by atoms with Gasteiger partial charge < -0.3 is 0 Å². The van der Waals surface area contributed by atoms with Gasteiger partial charge in [0.25, 0.3) is 5.69 Å². The van der Waals surface area contributed by atoms with Crippen molar-refractivity contribution in [1.29, 1.82) is 0 Å². The summed E-state index contributed by atoms with van der Waals surface area (Å²) in [6, 6.07) is 11.5. The van der Waals surface area contributed by atoms with Crippen molar-refractivity contribution in [3.63, 3.8) is 0 Å². The molecule has 7 heteroatoms. The summed E-state index contributed by atoms with van der Waals surface area (Å²) in [4.78, 5) is 18.9. The van der Waals surface area contributed by atoms with Gasteiger partial charge in [-0.2, -0.15) is 0 Å². The van der Waals surface area contributed by atoms with Crippen LogP contribution in [0.1, 0.15) is 11.4 Å². The van der Waals surface area contributed by atoms with Gasteiger partial charge >= 0.3 is 0 Å². The number of hydrogen-bond donors (Lipinski definition) is 0. The second-order valence-electron chi connectivity index (χ2n) is 4.72. The van der Waals surface area contributed by atoms with Crippen molar-refractivity contribution in [3.8, 4) is 0 Å². The summed E-state index contributed by atoms with van der Waals surface area (Å²) in [5, 5.41) is 12.4. The first kappa shape index (κ1) is 15.4. The summed E-state index contributed by atoms with van der Waals surface area (Å²) in [5.41, 5.74) is 1.33. The van der Waals surface area contributed by atoms with Crippen LogP contribution in [-0.2, 0) is 0 Å². The molecular formula is C16H9Cl2N3O2. The van der Waals surface area contributed by atoms with Gasteiger partial charge in [0.2, 0.25) is 0 Å². The molecule has 5 nitrogen and oxygen atoms in total. The topological polar surface area (TPSA) is 68.9 Å². The molecule has 0 aliphatic carbocycles. The first-order chi connectivity index (χ1) is 11.0. The zero-order chi connectivity index (χ0) is 16.4. The number of rotatable bonds is 3. The van der Waals surface area contributed by atoms with Gasteiger partial charge in [0.05, 0.1) is 10.4 Å². The quantitative estimate of drug-likeness (QED) is 0.379. The molecule has 0 N–H and O–H groups in total. The molecule has 0 amide bonds.